The third-order valence-electron chi connectivity index (χ3n) is 3.52. The molecule has 0 aliphatic carbocycles. The lowest BCUT2D eigenvalue weighted by Gasteiger charge is -2.22. The van der Waals surface area contributed by atoms with Crippen LogP contribution in [0.2, 0.25) is 0 Å². The number of hydrogen-bond donors (Lipinski definition) is 1. The first-order valence-electron chi connectivity index (χ1n) is 7.03. The minimum Gasteiger partial charge on any atom is -0.340 e. The van der Waals surface area contributed by atoms with Crippen molar-refractivity contribution >= 4 is 15.9 Å². The van der Waals surface area contributed by atoms with Gasteiger partial charge in [-0.1, -0.05) is 18.2 Å². The summed E-state index contributed by atoms with van der Waals surface area (Å²) in [6, 6.07) is 8.43. The first-order chi connectivity index (χ1) is 10.1. The lowest BCUT2D eigenvalue weighted by molar-refractivity contribution is -0.129. The Labute approximate surface area is 125 Å². The van der Waals surface area contributed by atoms with Crippen LogP contribution in [-0.2, 0) is 14.8 Å². The number of carbonyl (C=O) groups excluding carboxylic acids is 1. The van der Waals surface area contributed by atoms with Crippen LogP contribution in [0.3, 0.4) is 0 Å². The van der Waals surface area contributed by atoms with Gasteiger partial charge < -0.3 is 10.2 Å². The second-order valence-electron chi connectivity index (χ2n) is 4.98. The molecule has 1 saturated heterocycles. The molecule has 0 saturated carbocycles. The van der Waals surface area contributed by atoms with Gasteiger partial charge in [0, 0.05) is 26.2 Å². The number of carbonyl (C=O) groups is 1. The summed E-state index contributed by atoms with van der Waals surface area (Å²) in [5.74, 6) is 0.0106. The molecule has 0 bridgehead atoms. The summed E-state index contributed by atoms with van der Waals surface area (Å²) in [6.07, 6.45) is 0.654. The van der Waals surface area contributed by atoms with Crippen molar-refractivity contribution < 1.29 is 13.2 Å². The Kier molecular flexibility index (Phi) is 5.33. The SMILES string of the molecule is CNCC(=O)N1CCCN(S(=O)(=O)c2ccccc2)CC1. The number of rotatable bonds is 4. The Balaban J connectivity index is 2.08. The molecule has 6 nitrogen and oxygen atoms in total. The van der Waals surface area contributed by atoms with E-state index >= 15 is 0 Å². The molecule has 0 spiro atoms. The Bertz CT molecular complexity index is 574. The Morgan fingerprint density at radius 2 is 1.86 bits per heavy atom. The molecule has 1 amide bonds. The van der Waals surface area contributed by atoms with Gasteiger partial charge in [0.2, 0.25) is 15.9 Å². The highest BCUT2D eigenvalue weighted by Gasteiger charge is 2.27. The average Bonchev–Trinajstić information content (AvgIpc) is 2.75. The number of nitrogens with zero attached hydrogens (tertiary/aromatic N) is 2. The molecule has 2 rings (SSSR count). The van der Waals surface area contributed by atoms with E-state index in [1.807, 2.05) is 0 Å². The van der Waals surface area contributed by atoms with Gasteiger partial charge in [-0.15, -0.1) is 0 Å². The van der Waals surface area contributed by atoms with Gasteiger partial charge in [0.15, 0.2) is 0 Å². The molecule has 0 unspecified atom stereocenters. The fraction of sp³-hybridized carbons (Fsp3) is 0.500. The van der Waals surface area contributed by atoms with Crippen LogP contribution in [0.15, 0.2) is 35.2 Å². The molecule has 0 atom stereocenters. The molecular formula is C14H21N3O3S. The van der Waals surface area contributed by atoms with Crippen LogP contribution in [0, 0.1) is 0 Å². The maximum Gasteiger partial charge on any atom is 0.243 e. The van der Waals surface area contributed by atoms with E-state index in [1.165, 1.54) is 4.31 Å². The zero-order valence-electron chi connectivity index (χ0n) is 12.2. The zero-order chi connectivity index (χ0) is 15.3. The molecule has 1 heterocycles. The van der Waals surface area contributed by atoms with Crippen molar-refractivity contribution in [1.29, 1.82) is 0 Å². The van der Waals surface area contributed by atoms with Crippen molar-refractivity contribution in [2.75, 3.05) is 39.8 Å². The van der Waals surface area contributed by atoms with E-state index in [1.54, 1.807) is 42.3 Å². The molecule has 1 aromatic carbocycles. The molecule has 1 aromatic rings. The topological polar surface area (TPSA) is 69.7 Å². The van der Waals surface area contributed by atoms with Gasteiger partial charge in [-0.3, -0.25) is 4.79 Å². The molecule has 7 heteroatoms. The normalized spacial score (nSPS) is 17.5. The van der Waals surface area contributed by atoms with Crippen LogP contribution in [-0.4, -0.2) is 63.3 Å². The molecule has 0 radical (unpaired) electrons. The van der Waals surface area contributed by atoms with Gasteiger partial charge >= 0.3 is 0 Å². The van der Waals surface area contributed by atoms with Gasteiger partial charge in [-0.05, 0) is 25.6 Å². The number of benzene rings is 1. The Hall–Kier alpha value is -1.44. The van der Waals surface area contributed by atoms with E-state index in [2.05, 4.69) is 5.32 Å². The van der Waals surface area contributed by atoms with Crippen LogP contribution >= 0.6 is 0 Å². The fourth-order valence-electron chi connectivity index (χ4n) is 2.39. The van der Waals surface area contributed by atoms with Gasteiger partial charge in [-0.2, -0.15) is 4.31 Å². The quantitative estimate of drug-likeness (QED) is 0.858. The van der Waals surface area contributed by atoms with Crippen molar-refractivity contribution in [1.82, 2.24) is 14.5 Å². The van der Waals surface area contributed by atoms with E-state index in [0.717, 1.165) is 0 Å². The van der Waals surface area contributed by atoms with Gasteiger partial charge in [0.05, 0.1) is 11.4 Å². The summed E-state index contributed by atoms with van der Waals surface area (Å²) in [6.45, 7) is 2.10. The molecule has 1 aliphatic heterocycles. The summed E-state index contributed by atoms with van der Waals surface area (Å²) < 4.78 is 26.6. The average molecular weight is 311 g/mol. The summed E-state index contributed by atoms with van der Waals surface area (Å²) in [5, 5.41) is 2.83. The second-order valence-corrected chi connectivity index (χ2v) is 6.92. The van der Waals surface area contributed by atoms with Crippen molar-refractivity contribution in [3.05, 3.63) is 30.3 Å². The number of nitrogens with one attached hydrogen (secondary N) is 1. The molecule has 0 aromatic heterocycles. The molecule has 21 heavy (non-hydrogen) atoms. The number of amides is 1. The van der Waals surface area contributed by atoms with E-state index < -0.39 is 10.0 Å². The first kappa shape index (κ1) is 15.9. The summed E-state index contributed by atoms with van der Waals surface area (Å²) >= 11 is 0. The first-order valence-corrected chi connectivity index (χ1v) is 8.47. The largest absolute Gasteiger partial charge is 0.340 e. The third kappa shape index (κ3) is 3.81. The predicted octanol–water partition coefficient (Wildman–Crippen LogP) is 0.129. The van der Waals surface area contributed by atoms with Crippen LogP contribution in [0.4, 0.5) is 0 Å². The van der Waals surface area contributed by atoms with Gasteiger partial charge in [0.25, 0.3) is 0 Å². The predicted molar refractivity (Wildman–Crippen MR) is 80.3 cm³/mol. The summed E-state index contributed by atoms with van der Waals surface area (Å²) in [5.41, 5.74) is 0. The number of sulfonamides is 1. The van der Waals surface area contributed by atoms with Gasteiger partial charge in [-0.25, -0.2) is 8.42 Å². The monoisotopic (exact) mass is 311 g/mol. The van der Waals surface area contributed by atoms with E-state index in [-0.39, 0.29) is 12.5 Å². The highest BCUT2D eigenvalue weighted by atomic mass is 32.2. The van der Waals surface area contributed by atoms with Gasteiger partial charge in [0.1, 0.15) is 0 Å². The van der Waals surface area contributed by atoms with Crippen molar-refractivity contribution in [3.63, 3.8) is 0 Å². The standard InChI is InChI=1S/C14H21N3O3S/c1-15-12-14(18)16-8-5-9-17(11-10-16)21(19,20)13-6-3-2-4-7-13/h2-4,6-7,15H,5,8-12H2,1H3. The molecule has 1 fully saturated rings. The van der Waals surface area contributed by atoms with Crippen LogP contribution in [0.5, 0.6) is 0 Å². The highest BCUT2D eigenvalue weighted by molar-refractivity contribution is 7.89. The lowest BCUT2D eigenvalue weighted by atomic mass is 10.4. The van der Waals surface area contributed by atoms with Crippen LogP contribution in [0.1, 0.15) is 6.42 Å². The summed E-state index contributed by atoms with van der Waals surface area (Å²) in [4.78, 5) is 13.9. The summed E-state index contributed by atoms with van der Waals surface area (Å²) in [7, 11) is -1.74. The third-order valence-corrected chi connectivity index (χ3v) is 5.43. The van der Waals surface area contributed by atoms with E-state index in [9.17, 15) is 13.2 Å². The van der Waals surface area contributed by atoms with E-state index in [4.69, 9.17) is 0 Å². The molecule has 1 aliphatic rings. The number of likely N-dealkylation sites (N-methyl/N-ethyl adjacent to an activating group) is 1. The Morgan fingerprint density at radius 3 is 2.52 bits per heavy atom. The van der Waals surface area contributed by atoms with Crippen molar-refractivity contribution in [2.45, 2.75) is 11.3 Å². The smallest absolute Gasteiger partial charge is 0.243 e. The molecule has 1 N–H and O–H groups in total. The maximum atomic E-state index is 12.6. The highest BCUT2D eigenvalue weighted by Crippen LogP contribution is 2.17. The minimum absolute atomic E-state index is 0.0106. The minimum atomic E-state index is -3.47. The zero-order valence-corrected chi connectivity index (χ0v) is 13.0. The van der Waals surface area contributed by atoms with E-state index in [0.29, 0.717) is 37.5 Å². The molecule has 116 valence electrons. The van der Waals surface area contributed by atoms with Crippen molar-refractivity contribution in [3.8, 4) is 0 Å². The molecular weight excluding hydrogens is 290 g/mol. The fourth-order valence-corrected chi connectivity index (χ4v) is 3.88. The Morgan fingerprint density at radius 1 is 1.14 bits per heavy atom. The second kappa shape index (κ2) is 7.02. The van der Waals surface area contributed by atoms with Crippen LogP contribution < -0.4 is 5.32 Å². The lowest BCUT2D eigenvalue weighted by Crippen LogP contribution is -2.40. The maximum absolute atomic E-state index is 12.6. The van der Waals surface area contributed by atoms with Crippen LogP contribution in [0.25, 0.3) is 0 Å². The van der Waals surface area contributed by atoms with Crippen molar-refractivity contribution in [2.24, 2.45) is 0 Å². The number of hydrogen-bond acceptors (Lipinski definition) is 4.